The maximum atomic E-state index is 12.6. The molecule has 0 saturated carbocycles. The summed E-state index contributed by atoms with van der Waals surface area (Å²) in [5.41, 5.74) is 2.69. The van der Waals surface area contributed by atoms with Crippen molar-refractivity contribution < 1.29 is 9.32 Å². The Kier molecular flexibility index (Phi) is 5.84. The molecule has 4 rings (SSSR count). The van der Waals surface area contributed by atoms with Crippen LogP contribution in [0, 0.1) is 13.8 Å². The van der Waals surface area contributed by atoms with Crippen molar-refractivity contribution in [3.05, 3.63) is 47.8 Å². The summed E-state index contributed by atoms with van der Waals surface area (Å²) in [5.74, 6) is 1.88. The predicted octanol–water partition coefficient (Wildman–Crippen LogP) is 3.04. The minimum atomic E-state index is 0.113. The molecular weight excluding hydrogens is 388 g/mol. The van der Waals surface area contributed by atoms with E-state index in [2.05, 4.69) is 25.1 Å². The largest absolute Gasteiger partial charge is 0.342 e. The van der Waals surface area contributed by atoms with Gasteiger partial charge in [-0.05, 0) is 44.9 Å². The van der Waals surface area contributed by atoms with Gasteiger partial charge in [0, 0.05) is 48.4 Å². The lowest BCUT2D eigenvalue weighted by Crippen LogP contribution is -2.39. The van der Waals surface area contributed by atoms with Crippen LogP contribution >= 0.6 is 11.8 Å². The van der Waals surface area contributed by atoms with E-state index in [9.17, 15) is 4.79 Å². The third kappa shape index (κ3) is 4.79. The molecule has 0 bridgehead atoms. The van der Waals surface area contributed by atoms with Crippen LogP contribution < -0.4 is 0 Å². The maximum Gasteiger partial charge on any atom is 0.258 e. The molecule has 1 amide bonds. The van der Waals surface area contributed by atoms with E-state index in [-0.39, 0.29) is 11.8 Å². The van der Waals surface area contributed by atoms with E-state index >= 15 is 0 Å². The lowest BCUT2D eigenvalue weighted by atomic mass is 9.96. The molecule has 29 heavy (non-hydrogen) atoms. The Morgan fingerprint density at radius 1 is 1.14 bits per heavy atom. The number of aromatic nitrogens is 5. The molecular formula is C20H22N6O2S. The number of carbonyl (C=O) groups is 1. The highest BCUT2D eigenvalue weighted by atomic mass is 32.2. The van der Waals surface area contributed by atoms with Gasteiger partial charge >= 0.3 is 0 Å². The predicted molar refractivity (Wildman–Crippen MR) is 108 cm³/mol. The molecule has 0 spiro atoms. The Hall–Kier alpha value is -2.81. The molecule has 3 aromatic heterocycles. The number of pyridine rings is 1. The summed E-state index contributed by atoms with van der Waals surface area (Å²) in [7, 11) is 0. The number of piperidine rings is 1. The van der Waals surface area contributed by atoms with E-state index in [0.29, 0.717) is 35.7 Å². The lowest BCUT2D eigenvalue weighted by molar-refractivity contribution is -0.129. The van der Waals surface area contributed by atoms with E-state index in [4.69, 9.17) is 4.52 Å². The Labute approximate surface area is 173 Å². The molecule has 0 radical (unpaired) electrons. The average Bonchev–Trinajstić information content (AvgIpc) is 3.22. The van der Waals surface area contributed by atoms with Gasteiger partial charge in [-0.2, -0.15) is 4.98 Å². The van der Waals surface area contributed by atoms with Crippen LogP contribution in [0.2, 0.25) is 0 Å². The summed E-state index contributed by atoms with van der Waals surface area (Å²) in [5, 5.41) is 4.80. The molecule has 1 saturated heterocycles. The second kappa shape index (κ2) is 8.69. The Morgan fingerprint density at radius 2 is 1.83 bits per heavy atom. The van der Waals surface area contributed by atoms with Crippen LogP contribution in [-0.2, 0) is 4.79 Å². The molecule has 1 fully saturated rings. The molecule has 1 aliphatic rings. The van der Waals surface area contributed by atoms with Crippen molar-refractivity contribution in [2.45, 2.75) is 37.8 Å². The minimum absolute atomic E-state index is 0.113. The second-order valence-corrected chi connectivity index (χ2v) is 8.01. The first-order valence-electron chi connectivity index (χ1n) is 9.55. The zero-order chi connectivity index (χ0) is 20.2. The van der Waals surface area contributed by atoms with E-state index in [0.717, 1.165) is 29.8 Å². The number of thioether (sulfide) groups is 1. The van der Waals surface area contributed by atoms with Crippen LogP contribution in [-0.4, -0.2) is 54.7 Å². The van der Waals surface area contributed by atoms with Crippen molar-refractivity contribution in [2.24, 2.45) is 0 Å². The van der Waals surface area contributed by atoms with Gasteiger partial charge in [0.25, 0.3) is 5.89 Å². The normalized spacial score (nSPS) is 14.9. The number of rotatable bonds is 5. The molecule has 150 valence electrons. The molecule has 0 aliphatic carbocycles. The molecule has 9 heteroatoms. The van der Waals surface area contributed by atoms with E-state index in [1.54, 1.807) is 12.4 Å². The number of likely N-dealkylation sites (tertiary alicyclic amines) is 1. The molecule has 3 aromatic rings. The van der Waals surface area contributed by atoms with Gasteiger partial charge in [0.15, 0.2) is 11.0 Å². The molecule has 8 nitrogen and oxygen atoms in total. The fourth-order valence-corrected chi connectivity index (χ4v) is 4.23. The topological polar surface area (TPSA) is 97.9 Å². The molecule has 1 aliphatic heterocycles. The van der Waals surface area contributed by atoms with Crippen LogP contribution in [0.5, 0.6) is 0 Å². The first-order chi connectivity index (χ1) is 14.1. The van der Waals surface area contributed by atoms with Gasteiger partial charge in [0.2, 0.25) is 5.91 Å². The van der Waals surface area contributed by atoms with Crippen molar-refractivity contribution >= 4 is 17.7 Å². The first kappa shape index (κ1) is 19.5. The number of aryl methyl sites for hydroxylation is 2. The van der Waals surface area contributed by atoms with Gasteiger partial charge in [0.1, 0.15) is 0 Å². The zero-order valence-corrected chi connectivity index (χ0v) is 17.2. The number of hydrogen-bond acceptors (Lipinski definition) is 8. The zero-order valence-electron chi connectivity index (χ0n) is 16.4. The van der Waals surface area contributed by atoms with Gasteiger partial charge in [-0.25, -0.2) is 9.97 Å². The fourth-order valence-electron chi connectivity index (χ4n) is 3.38. The Bertz CT molecular complexity index is 965. The van der Waals surface area contributed by atoms with Gasteiger partial charge < -0.3 is 9.42 Å². The summed E-state index contributed by atoms with van der Waals surface area (Å²) >= 11 is 1.39. The summed E-state index contributed by atoms with van der Waals surface area (Å²) < 4.78 is 5.40. The lowest BCUT2D eigenvalue weighted by Gasteiger charge is -2.30. The van der Waals surface area contributed by atoms with E-state index < -0.39 is 0 Å². The number of amides is 1. The van der Waals surface area contributed by atoms with Gasteiger partial charge in [-0.1, -0.05) is 16.9 Å². The van der Waals surface area contributed by atoms with E-state index in [1.165, 1.54) is 11.8 Å². The Morgan fingerprint density at radius 3 is 2.52 bits per heavy atom. The van der Waals surface area contributed by atoms with Crippen molar-refractivity contribution in [1.82, 2.24) is 30.0 Å². The summed E-state index contributed by atoms with van der Waals surface area (Å²) in [6.07, 6.45) is 5.05. The van der Waals surface area contributed by atoms with Gasteiger partial charge in [-0.15, -0.1) is 0 Å². The third-order valence-corrected chi connectivity index (χ3v) is 5.70. The molecule has 0 N–H and O–H groups in total. The van der Waals surface area contributed by atoms with Crippen LogP contribution in [0.1, 0.15) is 36.0 Å². The SMILES string of the molecule is Cc1cc(C)nc(SCC(=O)N2CCC(c3noc(-c4ccncc4)n3)CC2)n1. The van der Waals surface area contributed by atoms with Gasteiger partial charge in [-0.3, -0.25) is 9.78 Å². The highest BCUT2D eigenvalue weighted by Crippen LogP contribution is 2.28. The van der Waals surface area contributed by atoms with Gasteiger partial charge in [0.05, 0.1) is 5.75 Å². The monoisotopic (exact) mass is 410 g/mol. The minimum Gasteiger partial charge on any atom is -0.342 e. The summed E-state index contributed by atoms with van der Waals surface area (Å²) in [6, 6.07) is 5.61. The number of hydrogen-bond donors (Lipinski definition) is 0. The van der Waals surface area contributed by atoms with Crippen molar-refractivity contribution in [2.75, 3.05) is 18.8 Å². The maximum absolute atomic E-state index is 12.6. The first-order valence-corrected chi connectivity index (χ1v) is 10.5. The number of carbonyl (C=O) groups excluding carboxylic acids is 1. The van der Waals surface area contributed by atoms with Crippen molar-refractivity contribution in [3.63, 3.8) is 0 Å². The van der Waals surface area contributed by atoms with Crippen molar-refractivity contribution in [1.29, 1.82) is 0 Å². The summed E-state index contributed by atoms with van der Waals surface area (Å²) in [6.45, 7) is 5.25. The van der Waals surface area contributed by atoms with Crippen LogP contribution in [0.4, 0.5) is 0 Å². The Balaban J connectivity index is 1.30. The standard InChI is InChI=1S/C20H22N6O2S/c1-13-11-14(2)23-20(22-13)29-12-17(27)26-9-5-15(6-10-26)18-24-19(28-25-18)16-3-7-21-8-4-16/h3-4,7-8,11,15H,5-6,9-10,12H2,1-2H3. The highest BCUT2D eigenvalue weighted by molar-refractivity contribution is 7.99. The second-order valence-electron chi connectivity index (χ2n) is 7.07. The number of nitrogens with zero attached hydrogens (tertiary/aromatic N) is 6. The van der Waals surface area contributed by atoms with Crippen molar-refractivity contribution in [3.8, 4) is 11.5 Å². The fraction of sp³-hybridized carbons (Fsp3) is 0.400. The van der Waals surface area contributed by atoms with Crippen LogP contribution in [0.25, 0.3) is 11.5 Å². The van der Waals surface area contributed by atoms with E-state index in [1.807, 2.05) is 36.9 Å². The molecule has 0 atom stereocenters. The highest BCUT2D eigenvalue weighted by Gasteiger charge is 2.27. The molecule has 0 unspecified atom stereocenters. The quantitative estimate of drug-likeness (QED) is 0.468. The smallest absolute Gasteiger partial charge is 0.258 e. The summed E-state index contributed by atoms with van der Waals surface area (Å²) in [4.78, 5) is 31.8. The molecule has 0 aromatic carbocycles. The van der Waals surface area contributed by atoms with Crippen LogP contribution in [0.15, 0.2) is 40.3 Å². The van der Waals surface area contributed by atoms with Crippen LogP contribution in [0.3, 0.4) is 0 Å². The third-order valence-electron chi connectivity index (χ3n) is 4.87. The average molecular weight is 411 g/mol. The molecule has 4 heterocycles.